The van der Waals surface area contributed by atoms with Crippen LogP contribution in [-0.2, 0) is 5.88 Å². The molecule has 3 heterocycles. The predicted octanol–water partition coefficient (Wildman–Crippen LogP) is 4.76. The van der Waals surface area contributed by atoms with E-state index >= 15 is 0 Å². The van der Waals surface area contributed by atoms with Crippen LogP contribution >= 0.6 is 57.5 Å². The van der Waals surface area contributed by atoms with Crippen molar-refractivity contribution in [3.05, 3.63) is 36.3 Å². The molecule has 0 aliphatic heterocycles. The van der Waals surface area contributed by atoms with E-state index in [-0.39, 0.29) is 11.4 Å². The van der Waals surface area contributed by atoms with Crippen LogP contribution in [-0.4, -0.2) is 9.97 Å². The van der Waals surface area contributed by atoms with E-state index in [4.69, 9.17) is 34.8 Å². The van der Waals surface area contributed by atoms with Gasteiger partial charge in [0.15, 0.2) is 0 Å². The number of fused-ring (bicyclic) bond motifs is 1. The summed E-state index contributed by atoms with van der Waals surface area (Å²) in [7, 11) is 0. The lowest BCUT2D eigenvalue weighted by molar-refractivity contribution is 1.04. The molecule has 3 nitrogen and oxygen atoms in total. The van der Waals surface area contributed by atoms with E-state index in [2.05, 4.69) is 9.97 Å². The molecule has 0 amide bonds. The maximum absolute atomic E-state index is 12.1. The minimum Gasteiger partial charge on any atom is -0.309 e. The van der Waals surface area contributed by atoms with Crippen molar-refractivity contribution in [1.29, 1.82) is 0 Å². The van der Waals surface area contributed by atoms with Gasteiger partial charge in [0.2, 0.25) is 0 Å². The molecule has 0 unspecified atom stereocenters. The highest BCUT2D eigenvalue weighted by atomic mass is 35.5. The van der Waals surface area contributed by atoms with Crippen molar-refractivity contribution in [3.8, 4) is 11.1 Å². The number of halogens is 3. The van der Waals surface area contributed by atoms with E-state index in [0.717, 1.165) is 11.1 Å². The van der Waals surface area contributed by atoms with Crippen molar-refractivity contribution >= 4 is 67.7 Å². The molecule has 0 aliphatic carbocycles. The third-order valence-corrected chi connectivity index (χ3v) is 5.18. The van der Waals surface area contributed by atoms with Gasteiger partial charge in [0.1, 0.15) is 15.0 Å². The Labute approximate surface area is 130 Å². The topological polar surface area (TPSA) is 45.8 Å². The molecule has 0 aromatic carbocycles. The summed E-state index contributed by atoms with van der Waals surface area (Å²) >= 11 is 20.4. The first-order valence-electron chi connectivity index (χ1n) is 5.11. The Morgan fingerprint density at radius 2 is 2.11 bits per heavy atom. The smallest absolute Gasteiger partial charge is 0.260 e. The zero-order valence-electron chi connectivity index (χ0n) is 9.17. The molecular formula is C11H5Cl3N2OS2. The van der Waals surface area contributed by atoms with E-state index in [0.29, 0.717) is 24.7 Å². The number of H-pyrrole nitrogens is 1. The fourth-order valence-corrected chi connectivity index (χ4v) is 4.35. The fraction of sp³-hybridized carbons (Fsp3) is 0.0909. The van der Waals surface area contributed by atoms with E-state index in [1.807, 2.05) is 5.38 Å². The van der Waals surface area contributed by atoms with Crippen LogP contribution in [0.1, 0.15) is 5.82 Å². The van der Waals surface area contributed by atoms with Gasteiger partial charge in [0.05, 0.1) is 15.6 Å². The standard InChI is InChI=1S/C11H5Cl3N2OS2/c12-2-7-15-10(17)8-5(3-18-11(8)16-7)4-1-6(13)19-9(4)14/h1,3H,2H2,(H,15,16,17). The van der Waals surface area contributed by atoms with Crippen molar-refractivity contribution < 1.29 is 0 Å². The third-order valence-electron chi connectivity index (χ3n) is 2.57. The van der Waals surface area contributed by atoms with Crippen LogP contribution in [0.3, 0.4) is 0 Å². The average Bonchev–Trinajstić information content (AvgIpc) is 2.92. The molecule has 0 fully saturated rings. The number of aromatic amines is 1. The Balaban J connectivity index is 2.32. The molecule has 8 heteroatoms. The number of thiophene rings is 2. The summed E-state index contributed by atoms with van der Waals surface area (Å²) in [4.78, 5) is 19.7. The summed E-state index contributed by atoms with van der Waals surface area (Å²) in [5, 5.41) is 2.38. The minimum absolute atomic E-state index is 0.170. The number of hydrogen-bond donors (Lipinski definition) is 1. The van der Waals surface area contributed by atoms with Gasteiger partial charge in [0.25, 0.3) is 5.56 Å². The van der Waals surface area contributed by atoms with Gasteiger partial charge < -0.3 is 4.98 Å². The molecule has 0 radical (unpaired) electrons. The number of aromatic nitrogens is 2. The Hall–Kier alpha value is -0.590. The predicted molar refractivity (Wildman–Crippen MR) is 83.1 cm³/mol. The van der Waals surface area contributed by atoms with Gasteiger partial charge in [-0.3, -0.25) is 4.79 Å². The average molecular weight is 352 g/mol. The highest BCUT2D eigenvalue weighted by Crippen LogP contribution is 2.41. The second kappa shape index (κ2) is 5.07. The van der Waals surface area contributed by atoms with Gasteiger partial charge in [-0.25, -0.2) is 4.98 Å². The van der Waals surface area contributed by atoms with Gasteiger partial charge >= 0.3 is 0 Å². The van der Waals surface area contributed by atoms with Crippen molar-refractivity contribution in [2.24, 2.45) is 0 Å². The van der Waals surface area contributed by atoms with E-state index < -0.39 is 0 Å². The summed E-state index contributed by atoms with van der Waals surface area (Å²) in [6.45, 7) is 0. The number of nitrogens with zero attached hydrogens (tertiary/aromatic N) is 1. The summed E-state index contributed by atoms with van der Waals surface area (Å²) < 4.78 is 1.15. The molecule has 3 aromatic heterocycles. The first-order chi connectivity index (χ1) is 9.10. The van der Waals surface area contributed by atoms with Crippen LogP contribution < -0.4 is 5.56 Å². The van der Waals surface area contributed by atoms with Gasteiger partial charge in [0, 0.05) is 16.5 Å². The quantitative estimate of drug-likeness (QED) is 0.677. The maximum atomic E-state index is 12.1. The van der Waals surface area contributed by atoms with Crippen molar-refractivity contribution in [3.63, 3.8) is 0 Å². The lowest BCUT2D eigenvalue weighted by Crippen LogP contribution is -2.10. The molecule has 0 aliphatic rings. The molecule has 1 N–H and O–H groups in total. The maximum Gasteiger partial charge on any atom is 0.260 e. The van der Waals surface area contributed by atoms with E-state index in [9.17, 15) is 4.79 Å². The molecule has 0 saturated heterocycles. The molecule has 0 atom stereocenters. The fourth-order valence-electron chi connectivity index (χ4n) is 1.78. The number of nitrogens with one attached hydrogen (secondary N) is 1. The van der Waals surface area contributed by atoms with E-state index in [1.165, 1.54) is 22.7 Å². The number of rotatable bonds is 2. The Morgan fingerprint density at radius 3 is 2.74 bits per heavy atom. The third kappa shape index (κ3) is 2.30. The zero-order valence-corrected chi connectivity index (χ0v) is 13.1. The second-order valence-corrected chi connectivity index (χ2v) is 7.12. The first kappa shape index (κ1) is 13.4. The van der Waals surface area contributed by atoms with Crippen LogP contribution in [0, 0.1) is 0 Å². The van der Waals surface area contributed by atoms with Crippen LogP contribution in [0.15, 0.2) is 16.2 Å². The molecule has 3 rings (SSSR count). The molecule has 19 heavy (non-hydrogen) atoms. The monoisotopic (exact) mass is 350 g/mol. The number of alkyl halides is 1. The minimum atomic E-state index is -0.213. The normalized spacial score (nSPS) is 11.3. The zero-order chi connectivity index (χ0) is 13.6. The molecule has 0 spiro atoms. The summed E-state index contributed by atoms with van der Waals surface area (Å²) in [5.74, 6) is 0.630. The van der Waals surface area contributed by atoms with Gasteiger partial charge in [-0.05, 0) is 6.07 Å². The van der Waals surface area contributed by atoms with Gasteiger partial charge in [-0.2, -0.15) is 0 Å². The summed E-state index contributed by atoms with van der Waals surface area (Å²) in [6.07, 6.45) is 0. The van der Waals surface area contributed by atoms with Crippen LogP contribution in [0.5, 0.6) is 0 Å². The molecule has 0 bridgehead atoms. The second-order valence-electron chi connectivity index (χ2n) is 3.71. The van der Waals surface area contributed by atoms with Gasteiger partial charge in [-0.15, -0.1) is 34.3 Å². The lowest BCUT2D eigenvalue weighted by Gasteiger charge is -1.98. The van der Waals surface area contributed by atoms with Crippen LogP contribution in [0.25, 0.3) is 21.3 Å². The molecule has 98 valence electrons. The first-order valence-corrected chi connectivity index (χ1v) is 8.10. The Bertz CT molecular complexity index is 821. The van der Waals surface area contributed by atoms with Crippen molar-refractivity contribution in [2.45, 2.75) is 5.88 Å². The van der Waals surface area contributed by atoms with Crippen LogP contribution in [0.4, 0.5) is 0 Å². The van der Waals surface area contributed by atoms with Crippen LogP contribution in [0.2, 0.25) is 8.67 Å². The van der Waals surface area contributed by atoms with Gasteiger partial charge in [-0.1, -0.05) is 23.2 Å². The Kier molecular flexibility index (Phi) is 3.57. The summed E-state index contributed by atoms with van der Waals surface area (Å²) in [6, 6.07) is 1.75. The van der Waals surface area contributed by atoms with Crippen molar-refractivity contribution in [2.75, 3.05) is 0 Å². The van der Waals surface area contributed by atoms with E-state index in [1.54, 1.807) is 6.07 Å². The van der Waals surface area contributed by atoms with Crippen molar-refractivity contribution in [1.82, 2.24) is 9.97 Å². The summed E-state index contributed by atoms with van der Waals surface area (Å²) in [5.41, 5.74) is 1.30. The molecule has 3 aromatic rings. The number of hydrogen-bond acceptors (Lipinski definition) is 4. The molecular weight excluding hydrogens is 347 g/mol. The lowest BCUT2D eigenvalue weighted by atomic mass is 10.1. The highest BCUT2D eigenvalue weighted by molar-refractivity contribution is 7.20. The highest BCUT2D eigenvalue weighted by Gasteiger charge is 2.16. The largest absolute Gasteiger partial charge is 0.309 e. The Morgan fingerprint density at radius 1 is 1.32 bits per heavy atom. The molecule has 0 saturated carbocycles. The SMILES string of the molecule is O=c1[nH]c(CCl)nc2scc(-c3cc(Cl)sc3Cl)c12.